The average Bonchev–Trinajstić information content (AvgIpc) is 2.36. The Morgan fingerprint density at radius 1 is 1.83 bits per heavy atom. The highest BCUT2D eigenvalue weighted by Gasteiger charge is 2.02. The van der Waals surface area contributed by atoms with E-state index in [9.17, 15) is 4.79 Å². The lowest BCUT2D eigenvalue weighted by atomic mass is 10.0. The first-order chi connectivity index (χ1) is 5.72. The van der Waals surface area contributed by atoms with Crippen LogP contribution >= 0.6 is 0 Å². The van der Waals surface area contributed by atoms with Gasteiger partial charge >= 0.3 is 5.97 Å². The molecule has 64 valence electrons. The first kappa shape index (κ1) is 8.84. The van der Waals surface area contributed by atoms with E-state index in [-0.39, 0.29) is 12.5 Å². The van der Waals surface area contributed by atoms with Crippen molar-refractivity contribution in [1.82, 2.24) is 9.78 Å². The summed E-state index contributed by atoms with van der Waals surface area (Å²) in [5.74, 6) is -0.249. The van der Waals surface area contributed by atoms with Crippen molar-refractivity contribution in [3.05, 3.63) is 12.4 Å². The summed E-state index contributed by atoms with van der Waals surface area (Å²) in [6.07, 6.45) is 3.51. The number of carbonyl (C=O) groups is 1. The Labute approximate surface area is 71.9 Å². The predicted molar refractivity (Wildman–Crippen MR) is 47.0 cm³/mol. The molecule has 0 N–H and O–H groups in total. The molecule has 1 aromatic heterocycles. The number of esters is 1. The van der Waals surface area contributed by atoms with Crippen LogP contribution in [0.3, 0.4) is 0 Å². The molecule has 0 aliphatic rings. The minimum absolute atomic E-state index is 0.196. The smallest absolute Gasteiger partial charge is 0.327 e. The summed E-state index contributed by atoms with van der Waals surface area (Å²) in [6.45, 7) is 2.40. The van der Waals surface area contributed by atoms with Gasteiger partial charge in [-0.15, -0.1) is 0 Å². The SMILES string of the molecule is Bc1cnn(CC(=O)OCC)c1. The van der Waals surface area contributed by atoms with Gasteiger partial charge in [-0.3, -0.25) is 9.48 Å². The molecule has 0 saturated carbocycles. The molecule has 5 heteroatoms. The largest absolute Gasteiger partial charge is 0.465 e. The van der Waals surface area contributed by atoms with E-state index in [1.165, 1.54) is 0 Å². The third kappa shape index (κ3) is 2.41. The summed E-state index contributed by atoms with van der Waals surface area (Å²) in [5.41, 5.74) is 1.04. The second kappa shape index (κ2) is 3.94. The summed E-state index contributed by atoms with van der Waals surface area (Å²) >= 11 is 0. The molecular weight excluding hydrogens is 155 g/mol. The molecule has 0 amide bonds. The lowest BCUT2D eigenvalue weighted by Gasteiger charge is -2.00. The Morgan fingerprint density at radius 2 is 2.58 bits per heavy atom. The molecule has 12 heavy (non-hydrogen) atoms. The zero-order chi connectivity index (χ0) is 8.97. The number of hydrogen-bond acceptors (Lipinski definition) is 3. The summed E-state index contributed by atoms with van der Waals surface area (Å²) in [4.78, 5) is 10.9. The van der Waals surface area contributed by atoms with Crippen LogP contribution in [0.25, 0.3) is 0 Å². The van der Waals surface area contributed by atoms with Crippen LogP contribution in [0.5, 0.6) is 0 Å². The lowest BCUT2D eigenvalue weighted by Crippen LogP contribution is -2.14. The molecule has 0 aromatic carbocycles. The highest BCUT2D eigenvalue weighted by Crippen LogP contribution is 1.85. The third-order valence-corrected chi connectivity index (χ3v) is 1.36. The topological polar surface area (TPSA) is 44.1 Å². The van der Waals surface area contributed by atoms with Crippen LogP contribution in [-0.4, -0.2) is 30.2 Å². The van der Waals surface area contributed by atoms with E-state index in [2.05, 4.69) is 5.10 Å². The maximum absolute atomic E-state index is 10.9. The molecule has 0 radical (unpaired) electrons. The normalized spacial score (nSPS) is 9.75. The van der Waals surface area contributed by atoms with Crippen molar-refractivity contribution in [2.75, 3.05) is 6.61 Å². The quantitative estimate of drug-likeness (QED) is 0.414. The van der Waals surface area contributed by atoms with Crippen LogP contribution in [0.1, 0.15) is 6.92 Å². The van der Waals surface area contributed by atoms with E-state index in [1.807, 2.05) is 7.85 Å². The Kier molecular flexibility index (Phi) is 2.91. The van der Waals surface area contributed by atoms with Crippen LogP contribution in [0, 0.1) is 0 Å². The fourth-order valence-electron chi connectivity index (χ4n) is 0.892. The molecule has 1 rings (SSSR count). The van der Waals surface area contributed by atoms with Crippen molar-refractivity contribution in [3.63, 3.8) is 0 Å². The van der Waals surface area contributed by atoms with Crippen LogP contribution in [0.2, 0.25) is 0 Å². The van der Waals surface area contributed by atoms with Crippen molar-refractivity contribution in [3.8, 4) is 0 Å². The van der Waals surface area contributed by atoms with Crippen LogP contribution in [0.15, 0.2) is 12.4 Å². The van der Waals surface area contributed by atoms with Crippen molar-refractivity contribution >= 4 is 19.3 Å². The van der Waals surface area contributed by atoms with Crippen LogP contribution in [0.4, 0.5) is 0 Å². The maximum Gasteiger partial charge on any atom is 0.327 e. The number of ether oxygens (including phenoxy) is 1. The summed E-state index contributed by atoms with van der Waals surface area (Å²) in [6, 6.07) is 0. The highest BCUT2D eigenvalue weighted by molar-refractivity contribution is 6.31. The van der Waals surface area contributed by atoms with Crippen molar-refractivity contribution in [1.29, 1.82) is 0 Å². The van der Waals surface area contributed by atoms with Crippen molar-refractivity contribution < 1.29 is 9.53 Å². The summed E-state index contributed by atoms with van der Waals surface area (Å²) in [5, 5.41) is 3.95. The Balaban J connectivity index is 2.46. The number of carbonyl (C=O) groups excluding carboxylic acids is 1. The molecule has 4 nitrogen and oxygen atoms in total. The molecule has 0 spiro atoms. The Bertz CT molecular complexity index is 272. The number of hydrogen-bond donors (Lipinski definition) is 0. The predicted octanol–water partition coefficient (Wildman–Crippen LogP) is -1.30. The fourth-order valence-corrected chi connectivity index (χ4v) is 0.892. The van der Waals surface area contributed by atoms with Gasteiger partial charge in [-0.1, -0.05) is 5.46 Å². The Hall–Kier alpha value is -1.26. The molecule has 1 aromatic rings. The number of aromatic nitrogens is 2. The molecule has 0 fully saturated rings. The van der Waals surface area contributed by atoms with Gasteiger partial charge in [-0.25, -0.2) is 0 Å². The van der Waals surface area contributed by atoms with E-state index in [4.69, 9.17) is 4.74 Å². The van der Waals surface area contributed by atoms with Crippen molar-refractivity contribution in [2.24, 2.45) is 0 Å². The number of rotatable bonds is 3. The summed E-state index contributed by atoms with van der Waals surface area (Å²) in [7, 11) is 1.93. The van der Waals surface area contributed by atoms with Gasteiger partial charge in [0.25, 0.3) is 0 Å². The standard InChI is InChI=1S/C7H11BN2O2/c1-2-12-7(11)5-10-4-6(8)3-9-10/h3-4H,2,5,8H2,1H3. The Morgan fingerprint density at radius 3 is 3.08 bits per heavy atom. The highest BCUT2D eigenvalue weighted by atomic mass is 16.5. The molecule has 0 bridgehead atoms. The van der Waals surface area contributed by atoms with Gasteiger partial charge in [0.05, 0.1) is 6.61 Å². The van der Waals surface area contributed by atoms with Crippen LogP contribution < -0.4 is 5.46 Å². The van der Waals surface area contributed by atoms with Crippen molar-refractivity contribution in [2.45, 2.75) is 13.5 Å². The second-order valence-electron chi connectivity index (χ2n) is 2.52. The van der Waals surface area contributed by atoms with Gasteiger partial charge in [0, 0.05) is 12.4 Å². The minimum atomic E-state index is -0.249. The van der Waals surface area contributed by atoms with E-state index >= 15 is 0 Å². The monoisotopic (exact) mass is 166 g/mol. The zero-order valence-corrected chi connectivity index (χ0v) is 7.28. The van der Waals surface area contributed by atoms with E-state index in [1.54, 1.807) is 24.0 Å². The molecule has 0 unspecified atom stereocenters. The van der Waals surface area contributed by atoms with E-state index < -0.39 is 0 Å². The average molecular weight is 166 g/mol. The minimum Gasteiger partial charge on any atom is -0.465 e. The van der Waals surface area contributed by atoms with Gasteiger partial charge < -0.3 is 4.74 Å². The molecule has 0 saturated heterocycles. The fraction of sp³-hybridized carbons (Fsp3) is 0.429. The molecule has 0 atom stereocenters. The molecule has 0 aliphatic carbocycles. The molecule has 1 heterocycles. The number of nitrogens with zero attached hydrogens (tertiary/aromatic N) is 2. The van der Waals surface area contributed by atoms with E-state index in [0.29, 0.717) is 6.61 Å². The van der Waals surface area contributed by atoms with E-state index in [0.717, 1.165) is 5.46 Å². The maximum atomic E-state index is 10.9. The van der Waals surface area contributed by atoms with Gasteiger partial charge in [0.15, 0.2) is 0 Å². The summed E-state index contributed by atoms with van der Waals surface area (Å²) < 4.78 is 6.32. The molecular formula is C7H11BN2O2. The van der Waals surface area contributed by atoms with Gasteiger partial charge in [-0.2, -0.15) is 5.10 Å². The van der Waals surface area contributed by atoms with Crippen LogP contribution in [-0.2, 0) is 16.1 Å². The van der Waals surface area contributed by atoms with Gasteiger partial charge in [0.2, 0.25) is 0 Å². The first-order valence-electron chi connectivity index (χ1n) is 3.87. The van der Waals surface area contributed by atoms with Gasteiger partial charge in [0.1, 0.15) is 14.4 Å². The second-order valence-corrected chi connectivity index (χ2v) is 2.52. The molecule has 0 aliphatic heterocycles. The lowest BCUT2D eigenvalue weighted by molar-refractivity contribution is -0.144. The zero-order valence-electron chi connectivity index (χ0n) is 7.28. The van der Waals surface area contributed by atoms with Gasteiger partial charge in [-0.05, 0) is 6.92 Å². The first-order valence-corrected chi connectivity index (χ1v) is 3.87. The third-order valence-electron chi connectivity index (χ3n) is 1.36.